The molecule has 0 fully saturated rings. The predicted octanol–water partition coefficient (Wildman–Crippen LogP) is 21.8. The Morgan fingerprint density at radius 2 is 0.403 bits per heavy atom. The molecule has 0 saturated heterocycles. The molecule has 0 aromatic carbocycles. The van der Waals surface area contributed by atoms with Crippen LogP contribution in [0.25, 0.3) is 0 Å². The summed E-state index contributed by atoms with van der Waals surface area (Å²) in [7, 11) is 0. The van der Waals surface area contributed by atoms with Gasteiger partial charge in [-0.15, -0.1) is 0 Å². The van der Waals surface area contributed by atoms with Gasteiger partial charge < -0.3 is 14.2 Å². The SMILES string of the molecule is CC(C)CCCCCCCCCCCCCCCCCCCCC(=O)O[C@@H](COC(=O)CCCCCCCCCCCCCCCCCCC(C)C)COC(=O)CCCCCCCCCCCCCC(C)C. The van der Waals surface area contributed by atoms with Crippen LogP contribution in [0.2, 0.25) is 0 Å². The minimum absolute atomic E-state index is 0.0625. The molecule has 1 atom stereocenters. The first-order valence-corrected chi connectivity index (χ1v) is 32.6. The van der Waals surface area contributed by atoms with Gasteiger partial charge in [0, 0.05) is 19.3 Å². The number of rotatable bonds is 59. The molecule has 0 aliphatic heterocycles. The lowest BCUT2D eigenvalue weighted by atomic mass is 10.0. The molecule has 6 heteroatoms. The molecule has 0 saturated carbocycles. The summed E-state index contributed by atoms with van der Waals surface area (Å²) in [5.74, 6) is 1.70. The number of esters is 3. The molecule has 0 N–H and O–H groups in total. The lowest BCUT2D eigenvalue weighted by Gasteiger charge is -2.18. The molecule has 6 nitrogen and oxygen atoms in total. The highest BCUT2D eigenvalue weighted by Crippen LogP contribution is 2.19. The zero-order valence-corrected chi connectivity index (χ0v) is 49.7. The molecule has 0 spiro atoms. The quantitative estimate of drug-likeness (QED) is 0.0343. The Labute approximate surface area is 450 Å². The first-order chi connectivity index (χ1) is 35.1. The molecule has 0 heterocycles. The highest BCUT2D eigenvalue weighted by molar-refractivity contribution is 5.71. The van der Waals surface area contributed by atoms with Gasteiger partial charge in [-0.2, -0.15) is 0 Å². The fraction of sp³-hybridized carbons (Fsp3) is 0.955. The maximum Gasteiger partial charge on any atom is 0.306 e. The topological polar surface area (TPSA) is 78.9 Å². The molecule has 0 rings (SSSR count). The van der Waals surface area contributed by atoms with Crippen LogP contribution in [-0.4, -0.2) is 37.2 Å². The van der Waals surface area contributed by atoms with Gasteiger partial charge in [0.2, 0.25) is 0 Å². The van der Waals surface area contributed by atoms with Gasteiger partial charge in [-0.1, -0.05) is 330 Å². The smallest absolute Gasteiger partial charge is 0.306 e. The van der Waals surface area contributed by atoms with Gasteiger partial charge in [-0.05, 0) is 37.0 Å². The number of ether oxygens (including phenoxy) is 3. The summed E-state index contributed by atoms with van der Waals surface area (Å²) >= 11 is 0. The highest BCUT2D eigenvalue weighted by Gasteiger charge is 2.19. The molecule has 0 unspecified atom stereocenters. The molecule has 428 valence electrons. The second-order valence-corrected chi connectivity index (χ2v) is 24.2. The van der Waals surface area contributed by atoms with E-state index in [0.29, 0.717) is 19.3 Å². The number of hydrogen-bond donors (Lipinski definition) is 0. The maximum atomic E-state index is 12.9. The Hall–Kier alpha value is -1.59. The molecule has 0 aliphatic rings. The van der Waals surface area contributed by atoms with E-state index in [1.807, 2.05) is 0 Å². The summed E-state index contributed by atoms with van der Waals surface area (Å²) in [5, 5.41) is 0. The summed E-state index contributed by atoms with van der Waals surface area (Å²) in [4.78, 5) is 38.3. The summed E-state index contributed by atoms with van der Waals surface area (Å²) in [5.41, 5.74) is 0. The summed E-state index contributed by atoms with van der Waals surface area (Å²) < 4.78 is 17.0. The fourth-order valence-corrected chi connectivity index (χ4v) is 10.2. The first kappa shape index (κ1) is 70.4. The monoisotopic (exact) mass is 1020 g/mol. The van der Waals surface area contributed by atoms with E-state index in [9.17, 15) is 14.4 Å². The van der Waals surface area contributed by atoms with E-state index in [1.54, 1.807) is 0 Å². The van der Waals surface area contributed by atoms with Crippen LogP contribution in [0.3, 0.4) is 0 Å². The Balaban J connectivity index is 4.26. The van der Waals surface area contributed by atoms with Crippen molar-refractivity contribution in [1.29, 1.82) is 0 Å². The van der Waals surface area contributed by atoms with Crippen molar-refractivity contribution in [3.05, 3.63) is 0 Å². The molecule has 0 aromatic rings. The van der Waals surface area contributed by atoms with Crippen molar-refractivity contribution in [1.82, 2.24) is 0 Å². The number of carbonyl (C=O) groups is 3. The Morgan fingerprint density at radius 1 is 0.236 bits per heavy atom. The average Bonchev–Trinajstić information content (AvgIpc) is 3.34. The van der Waals surface area contributed by atoms with Gasteiger partial charge >= 0.3 is 17.9 Å². The minimum Gasteiger partial charge on any atom is -0.462 e. The van der Waals surface area contributed by atoms with Crippen LogP contribution in [0.15, 0.2) is 0 Å². The van der Waals surface area contributed by atoms with Crippen LogP contribution in [0.4, 0.5) is 0 Å². The van der Waals surface area contributed by atoms with E-state index >= 15 is 0 Å². The number of unbranched alkanes of at least 4 members (excludes halogenated alkanes) is 42. The van der Waals surface area contributed by atoms with Gasteiger partial charge in [0.25, 0.3) is 0 Å². The third-order valence-corrected chi connectivity index (χ3v) is 15.1. The predicted molar refractivity (Wildman–Crippen MR) is 312 cm³/mol. The van der Waals surface area contributed by atoms with Crippen molar-refractivity contribution in [2.45, 2.75) is 375 Å². The van der Waals surface area contributed by atoms with Crippen molar-refractivity contribution in [2.75, 3.05) is 13.2 Å². The van der Waals surface area contributed by atoms with Gasteiger partial charge in [0.05, 0.1) is 0 Å². The van der Waals surface area contributed by atoms with E-state index < -0.39 is 6.10 Å². The second kappa shape index (κ2) is 57.1. The van der Waals surface area contributed by atoms with Crippen LogP contribution < -0.4 is 0 Å². The molecular weight excluding hydrogens is 889 g/mol. The van der Waals surface area contributed by atoms with Crippen molar-refractivity contribution in [3.63, 3.8) is 0 Å². The van der Waals surface area contributed by atoms with E-state index in [-0.39, 0.29) is 31.1 Å². The molecular formula is C66H128O6. The van der Waals surface area contributed by atoms with E-state index in [2.05, 4.69) is 41.5 Å². The number of carbonyl (C=O) groups excluding carboxylic acids is 3. The van der Waals surface area contributed by atoms with Crippen molar-refractivity contribution >= 4 is 17.9 Å². The number of hydrogen-bond acceptors (Lipinski definition) is 6. The summed E-state index contributed by atoms with van der Waals surface area (Å²) in [6.45, 7) is 13.8. The first-order valence-electron chi connectivity index (χ1n) is 32.6. The molecule has 0 bridgehead atoms. The average molecular weight is 1020 g/mol. The third kappa shape index (κ3) is 59.3. The zero-order chi connectivity index (χ0) is 52.6. The lowest BCUT2D eigenvalue weighted by Crippen LogP contribution is -2.30. The molecule has 0 radical (unpaired) electrons. The van der Waals surface area contributed by atoms with Gasteiger partial charge in [0.15, 0.2) is 6.10 Å². The molecule has 0 amide bonds. The Bertz CT molecular complexity index is 1120. The van der Waals surface area contributed by atoms with Crippen LogP contribution in [-0.2, 0) is 28.6 Å². The minimum atomic E-state index is -0.765. The van der Waals surface area contributed by atoms with E-state index in [1.165, 1.54) is 250 Å². The third-order valence-electron chi connectivity index (χ3n) is 15.1. The standard InChI is InChI=1S/C66H128O6/c1-60(2)52-46-40-34-28-22-17-13-9-7-8-10-16-20-26-33-39-45-51-57-66(69)72-63(59-71-65(68)56-50-44-38-32-27-21-24-30-36-42-48-54-62(5)6)58-70-64(67)55-49-43-37-31-25-19-15-12-11-14-18-23-29-35-41-47-53-61(3)4/h60-63H,7-59H2,1-6H3/t63-/m0/s1. The van der Waals surface area contributed by atoms with Gasteiger partial charge in [0.1, 0.15) is 13.2 Å². The zero-order valence-electron chi connectivity index (χ0n) is 49.7. The Morgan fingerprint density at radius 3 is 0.597 bits per heavy atom. The largest absolute Gasteiger partial charge is 0.462 e. The fourth-order valence-electron chi connectivity index (χ4n) is 10.2. The van der Waals surface area contributed by atoms with Crippen LogP contribution in [0.1, 0.15) is 369 Å². The van der Waals surface area contributed by atoms with Crippen LogP contribution in [0, 0.1) is 17.8 Å². The Kier molecular flexibility index (Phi) is 55.9. The molecule has 0 aromatic heterocycles. The van der Waals surface area contributed by atoms with Crippen molar-refractivity contribution < 1.29 is 28.6 Å². The molecule has 0 aliphatic carbocycles. The van der Waals surface area contributed by atoms with E-state index in [4.69, 9.17) is 14.2 Å². The second-order valence-electron chi connectivity index (χ2n) is 24.2. The van der Waals surface area contributed by atoms with E-state index in [0.717, 1.165) is 75.5 Å². The van der Waals surface area contributed by atoms with Crippen molar-refractivity contribution in [2.24, 2.45) is 17.8 Å². The normalized spacial score (nSPS) is 12.1. The lowest BCUT2D eigenvalue weighted by molar-refractivity contribution is -0.167. The van der Waals surface area contributed by atoms with Crippen LogP contribution >= 0.6 is 0 Å². The maximum absolute atomic E-state index is 12.9. The van der Waals surface area contributed by atoms with Crippen molar-refractivity contribution in [3.8, 4) is 0 Å². The van der Waals surface area contributed by atoms with Gasteiger partial charge in [-0.25, -0.2) is 0 Å². The molecule has 72 heavy (non-hydrogen) atoms. The summed E-state index contributed by atoms with van der Waals surface area (Å²) in [6, 6.07) is 0. The summed E-state index contributed by atoms with van der Waals surface area (Å²) in [6.07, 6.45) is 62.5. The highest BCUT2D eigenvalue weighted by atomic mass is 16.6. The van der Waals surface area contributed by atoms with Gasteiger partial charge in [-0.3, -0.25) is 14.4 Å². The van der Waals surface area contributed by atoms with Crippen LogP contribution in [0.5, 0.6) is 0 Å².